The zero-order valence-electron chi connectivity index (χ0n) is 16.9. The van der Waals surface area contributed by atoms with Gasteiger partial charge in [0.05, 0.1) is 12.6 Å². The van der Waals surface area contributed by atoms with Gasteiger partial charge in [0.15, 0.2) is 12.6 Å². The fourth-order valence-electron chi connectivity index (χ4n) is 3.18. The van der Waals surface area contributed by atoms with Crippen molar-refractivity contribution in [1.29, 1.82) is 0 Å². The number of amides is 1. The van der Waals surface area contributed by atoms with Crippen molar-refractivity contribution in [3.63, 3.8) is 0 Å². The van der Waals surface area contributed by atoms with Gasteiger partial charge >= 0.3 is 0 Å². The smallest absolute Gasteiger partial charge is 0.257 e. The minimum absolute atomic E-state index is 0.0110. The number of ether oxygens (including phenoxy) is 2. The summed E-state index contributed by atoms with van der Waals surface area (Å²) in [6, 6.07) is 15.9. The minimum atomic E-state index is -0.127. The van der Waals surface area contributed by atoms with Crippen LogP contribution in [0.3, 0.4) is 0 Å². The third kappa shape index (κ3) is 5.88. The molecule has 3 rings (SSSR count). The van der Waals surface area contributed by atoms with Crippen LogP contribution in [-0.4, -0.2) is 38.7 Å². The van der Waals surface area contributed by atoms with E-state index >= 15 is 0 Å². The van der Waals surface area contributed by atoms with E-state index in [1.165, 1.54) is 0 Å². The first-order valence-corrected chi connectivity index (χ1v) is 9.87. The van der Waals surface area contributed by atoms with Crippen molar-refractivity contribution in [2.45, 2.75) is 25.9 Å². The number of aliphatic imine (C=N–C) groups is 1. The fourth-order valence-corrected chi connectivity index (χ4v) is 3.18. The lowest BCUT2D eigenvalue weighted by atomic mass is 10.0. The second-order valence-electron chi connectivity index (χ2n) is 6.69. The number of hydrogen-bond acceptors (Lipinski definition) is 4. The van der Waals surface area contributed by atoms with E-state index in [1.54, 1.807) is 7.05 Å². The van der Waals surface area contributed by atoms with Crippen molar-refractivity contribution in [3.8, 4) is 11.5 Å². The molecule has 0 fully saturated rings. The van der Waals surface area contributed by atoms with Gasteiger partial charge < -0.3 is 25.4 Å². The Morgan fingerprint density at radius 1 is 1.21 bits per heavy atom. The molecule has 0 aliphatic carbocycles. The molecule has 0 saturated carbocycles. The third-order valence-electron chi connectivity index (χ3n) is 4.60. The van der Waals surface area contributed by atoms with Crippen LogP contribution >= 0.6 is 0 Å². The summed E-state index contributed by atoms with van der Waals surface area (Å²) in [7, 11) is 1.76. The number of nitrogens with zero attached hydrogens (tertiary/aromatic N) is 1. The summed E-state index contributed by atoms with van der Waals surface area (Å²) < 4.78 is 11.3. The molecule has 7 nitrogen and oxygen atoms in total. The molecule has 7 heteroatoms. The number of likely N-dealkylation sites (N-methyl/N-ethyl adjacent to an activating group) is 1. The first-order chi connectivity index (χ1) is 14.2. The van der Waals surface area contributed by atoms with E-state index in [4.69, 9.17) is 9.47 Å². The average molecular weight is 396 g/mol. The molecule has 29 heavy (non-hydrogen) atoms. The first kappa shape index (κ1) is 20.5. The molecule has 1 unspecified atom stereocenters. The van der Waals surface area contributed by atoms with Crippen molar-refractivity contribution in [1.82, 2.24) is 16.0 Å². The van der Waals surface area contributed by atoms with Crippen LogP contribution < -0.4 is 25.4 Å². The van der Waals surface area contributed by atoms with Gasteiger partial charge in [-0.25, -0.2) is 0 Å². The Hall–Kier alpha value is -3.22. The predicted molar refractivity (Wildman–Crippen MR) is 113 cm³/mol. The van der Waals surface area contributed by atoms with Gasteiger partial charge in [0.1, 0.15) is 11.5 Å². The predicted octanol–water partition coefficient (Wildman–Crippen LogP) is 2.39. The van der Waals surface area contributed by atoms with Gasteiger partial charge in [-0.3, -0.25) is 9.79 Å². The quantitative estimate of drug-likeness (QED) is 0.494. The monoisotopic (exact) mass is 396 g/mol. The number of guanidine groups is 1. The van der Waals surface area contributed by atoms with E-state index < -0.39 is 0 Å². The van der Waals surface area contributed by atoms with Crippen LogP contribution in [0, 0.1) is 0 Å². The van der Waals surface area contributed by atoms with Gasteiger partial charge in [-0.15, -0.1) is 0 Å². The maximum Gasteiger partial charge on any atom is 0.257 e. The normalized spacial score (nSPS) is 15.7. The molecular formula is C22H28N4O3. The number of fused-ring (bicyclic) bond motifs is 1. The van der Waals surface area contributed by atoms with Crippen LogP contribution in [0.4, 0.5) is 0 Å². The molecule has 1 atom stereocenters. The van der Waals surface area contributed by atoms with Gasteiger partial charge in [-0.1, -0.05) is 30.3 Å². The summed E-state index contributed by atoms with van der Waals surface area (Å²) >= 11 is 0. The van der Waals surface area contributed by atoms with Crippen LogP contribution in [0.5, 0.6) is 11.5 Å². The molecule has 0 saturated heterocycles. The Labute approximate surface area is 171 Å². The first-order valence-electron chi connectivity index (χ1n) is 9.87. The zero-order chi connectivity index (χ0) is 20.5. The van der Waals surface area contributed by atoms with Crippen LogP contribution in [0.2, 0.25) is 0 Å². The van der Waals surface area contributed by atoms with Crippen molar-refractivity contribution in [2.75, 3.05) is 26.8 Å². The van der Waals surface area contributed by atoms with E-state index in [9.17, 15) is 4.79 Å². The molecule has 0 aromatic heterocycles. The number of hydrogen-bond donors (Lipinski definition) is 3. The van der Waals surface area contributed by atoms with E-state index in [1.807, 2.05) is 49.4 Å². The molecule has 0 bridgehead atoms. The maximum atomic E-state index is 11.6. The van der Waals surface area contributed by atoms with Crippen LogP contribution in [-0.2, 0) is 11.3 Å². The van der Waals surface area contributed by atoms with Crippen LogP contribution in [0.15, 0.2) is 53.5 Å². The summed E-state index contributed by atoms with van der Waals surface area (Å²) in [5, 5.41) is 9.53. The molecule has 2 aromatic rings. The number of carbonyl (C=O) groups is 1. The molecule has 154 valence electrons. The number of benzene rings is 2. The molecule has 1 aliphatic rings. The number of rotatable bonds is 7. The van der Waals surface area contributed by atoms with E-state index in [2.05, 4.69) is 27.0 Å². The maximum absolute atomic E-state index is 11.6. The highest BCUT2D eigenvalue weighted by Gasteiger charge is 2.21. The summed E-state index contributed by atoms with van der Waals surface area (Å²) in [5.41, 5.74) is 2.18. The highest BCUT2D eigenvalue weighted by atomic mass is 16.5. The third-order valence-corrected chi connectivity index (χ3v) is 4.60. The molecule has 1 amide bonds. The minimum Gasteiger partial charge on any atom is -0.493 e. The molecule has 1 heterocycles. The Morgan fingerprint density at radius 3 is 2.90 bits per heavy atom. The van der Waals surface area contributed by atoms with E-state index in [-0.39, 0.29) is 18.6 Å². The standard InChI is InChI=1S/C22H28N4O3/c1-3-24-21(27)15-29-17-8-6-7-16(13-17)14-25-22(23-2)26-19-11-12-28-20-10-5-4-9-18(19)20/h4-10,13,19H,3,11-12,14-15H2,1-2H3,(H,24,27)(H2,23,25,26). The molecule has 0 spiro atoms. The lowest BCUT2D eigenvalue weighted by Gasteiger charge is -2.28. The van der Waals surface area contributed by atoms with Crippen LogP contribution in [0.1, 0.15) is 30.5 Å². The summed E-state index contributed by atoms with van der Waals surface area (Å²) in [4.78, 5) is 15.9. The number of carbonyl (C=O) groups excluding carboxylic acids is 1. The van der Waals surface area contributed by atoms with E-state index in [0.29, 0.717) is 25.4 Å². The second-order valence-corrected chi connectivity index (χ2v) is 6.69. The Balaban J connectivity index is 1.55. The molecule has 0 radical (unpaired) electrons. The Morgan fingerprint density at radius 2 is 2.07 bits per heavy atom. The Bertz CT molecular complexity index is 853. The van der Waals surface area contributed by atoms with Gasteiger partial charge in [0.2, 0.25) is 0 Å². The van der Waals surface area contributed by atoms with Gasteiger partial charge in [-0.05, 0) is 30.7 Å². The van der Waals surface area contributed by atoms with Crippen molar-refractivity contribution in [3.05, 3.63) is 59.7 Å². The summed E-state index contributed by atoms with van der Waals surface area (Å²) in [5.74, 6) is 2.18. The van der Waals surface area contributed by atoms with Crippen LogP contribution in [0.25, 0.3) is 0 Å². The SMILES string of the molecule is CCNC(=O)COc1cccc(CNC(=NC)NC2CCOc3ccccc32)c1. The number of para-hydroxylation sites is 1. The van der Waals surface area contributed by atoms with Crippen molar-refractivity contribution in [2.24, 2.45) is 4.99 Å². The molecule has 3 N–H and O–H groups in total. The van der Waals surface area contributed by atoms with E-state index in [0.717, 1.165) is 29.3 Å². The molecular weight excluding hydrogens is 368 g/mol. The fraction of sp³-hybridized carbons (Fsp3) is 0.364. The Kier molecular flexibility index (Phi) is 7.33. The van der Waals surface area contributed by atoms with Gasteiger partial charge in [0, 0.05) is 32.1 Å². The summed E-state index contributed by atoms with van der Waals surface area (Å²) in [6.45, 7) is 3.75. The molecule has 1 aliphatic heterocycles. The topological polar surface area (TPSA) is 84.0 Å². The largest absolute Gasteiger partial charge is 0.493 e. The van der Waals surface area contributed by atoms with Crippen molar-refractivity contribution >= 4 is 11.9 Å². The lowest BCUT2D eigenvalue weighted by molar-refractivity contribution is -0.122. The van der Waals surface area contributed by atoms with Gasteiger partial charge in [-0.2, -0.15) is 0 Å². The number of nitrogens with one attached hydrogen (secondary N) is 3. The highest BCUT2D eigenvalue weighted by Crippen LogP contribution is 2.31. The van der Waals surface area contributed by atoms with Crippen molar-refractivity contribution < 1.29 is 14.3 Å². The molecule has 2 aromatic carbocycles. The summed E-state index contributed by atoms with van der Waals surface area (Å²) in [6.07, 6.45) is 0.876. The lowest BCUT2D eigenvalue weighted by Crippen LogP contribution is -2.40. The zero-order valence-corrected chi connectivity index (χ0v) is 16.9. The highest BCUT2D eigenvalue weighted by molar-refractivity contribution is 5.80. The van der Waals surface area contributed by atoms with Gasteiger partial charge in [0.25, 0.3) is 5.91 Å². The average Bonchev–Trinajstić information content (AvgIpc) is 2.76. The second kappa shape index (κ2) is 10.4.